The first-order valence-electron chi connectivity index (χ1n) is 4.88. The van der Waals surface area contributed by atoms with Gasteiger partial charge in [0.2, 0.25) is 0 Å². The molecule has 0 unspecified atom stereocenters. The van der Waals surface area contributed by atoms with Crippen LogP contribution in [0.2, 0.25) is 0 Å². The molecule has 72 valence electrons. The third-order valence-corrected chi connectivity index (χ3v) is 2.88. The number of nitrogens with zero attached hydrogens (tertiary/aromatic N) is 3. The molecule has 1 saturated carbocycles. The molecule has 1 aromatic heterocycles. The molecule has 14 heavy (non-hydrogen) atoms. The molecule has 3 rings (SSSR count). The zero-order chi connectivity index (χ0) is 9.54. The number of fused-ring (bicyclic) bond motifs is 1. The summed E-state index contributed by atoms with van der Waals surface area (Å²) in [5, 5.41) is 17.4. The van der Waals surface area contributed by atoms with E-state index in [9.17, 15) is 5.11 Å². The van der Waals surface area contributed by atoms with E-state index >= 15 is 0 Å². The van der Waals surface area contributed by atoms with Crippen LogP contribution in [0.25, 0.3) is 11.0 Å². The molecule has 0 aliphatic heterocycles. The van der Waals surface area contributed by atoms with Gasteiger partial charge in [0, 0.05) is 6.07 Å². The minimum atomic E-state index is 0.248. The van der Waals surface area contributed by atoms with Gasteiger partial charge in [-0.05, 0) is 31.4 Å². The molecule has 1 aliphatic carbocycles. The predicted octanol–water partition coefficient (Wildman–Crippen LogP) is 1.86. The molecule has 1 aromatic carbocycles. The number of phenolic OH excluding ortho intramolecular Hbond substituents is 1. The molecule has 1 fully saturated rings. The average Bonchev–Trinajstić information content (AvgIpc) is 2.45. The standard InChI is InChI=1S/C10H11N3O/c14-8-4-5-10-9(6-8)11-12-13(10)7-2-1-3-7/h4-7,14H,1-3H2. The lowest BCUT2D eigenvalue weighted by Crippen LogP contribution is -2.17. The Morgan fingerprint density at radius 3 is 2.93 bits per heavy atom. The number of hydrogen-bond donors (Lipinski definition) is 1. The van der Waals surface area contributed by atoms with Gasteiger partial charge in [0.1, 0.15) is 11.3 Å². The summed E-state index contributed by atoms with van der Waals surface area (Å²) in [7, 11) is 0. The molecule has 2 aromatic rings. The molecular weight excluding hydrogens is 178 g/mol. The molecule has 4 nitrogen and oxygen atoms in total. The first kappa shape index (κ1) is 7.79. The highest BCUT2D eigenvalue weighted by atomic mass is 16.3. The average molecular weight is 189 g/mol. The van der Waals surface area contributed by atoms with Crippen LogP contribution in [0.3, 0.4) is 0 Å². The maximum Gasteiger partial charge on any atom is 0.117 e. The van der Waals surface area contributed by atoms with Crippen molar-refractivity contribution >= 4 is 11.0 Å². The monoisotopic (exact) mass is 189 g/mol. The Balaban J connectivity index is 2.16. The highest BCUT2D eigenvalue weighted by Crippen LogP contribution is 2.33. The fourth-order valence-electron chi connectivity index (χ4n) is 1.83. The fourth-order valence-corrected chi connectivity index (χ4v) is 1.83. The van der Waals surface area contributed by atoms with Crippen molar-refractivity contribution in [3.8, 4) is 5.75 Å². The lowest BCUT2D eigenvalue weighted by molar-refractivity contribution is 0.292. The van der Waals surface area contributed by atoms with Crippen molar-refractivity contribution in [3.63, 3.8) is 0 Å². The molecule has 0 saturated heterocycles. The van der Waals surface area contributed by atoms with E-state index in [1.807, 2.05) is 10.7 Å². The van der Waals surface area contributed by atoms with Crippen LogP contribution in [-0.4, -0.2) is 20.1 Å². The number of phenols is 1. The van der Waals surface area contributed by atoms with E-state index in [1.165, 1.54) is 19.3 Å². The van der Waals surface area contributed by atoms with Crippen LogP contribution in [0.4, 0.5) is 0 Å². The summed E-state index contributed by atoms with van der Waals surface area (Å²) < 4.78 is 1.97. The van der Waals surface area contributed by atoms with Crippen molar-refractivity contribution in [2.24, 2.45) is 0 Å². The van der Waals surface area contributed by atoms with Crippen LogP contribution in [0.5, 0.6) is 5.75 Å². The van der Waals surface area contributed by atoms with E-state index in [1.54, 1.807) is 12.1 Å². The lowest BCUT2D eigenvalue weighted by atomic mass is 9.93. The Kier molecular flexibility index (Phi) is 1.50. The lowest BCUT2D eigenvalue weighted by Gasteiger charge is -2.25. The number of rotatable bonds is 1. The van der Waals surface area contributed by atoms with Crippen molar-refractivity contribution < 1.29 is 5.11 Å². The van der Waals surface area contributed by atoms with Crippen LogP contribution < -0.4 is 0 Å². The Bertz CT molecular complexity index is 473. The largest absolute Gasteiger partial charge is 0.508 e. The second-order valence-electron chi connectivity index (χ2n) is 3.79. The van der Waals surface area contributed by atoms with Crippen LogP contribution in [0.1, 0.15) is 25.3 Å². The predicted molar refractivity (Wildman–Crippen MR) is 52.1 cm³/mol. The van der Waals surface area contributed by atoms with Crippen LogP contribution in [-0.2, 0) is 0 Å². The van der Waals surface area contributed by atoms with Gasteiger partial charge in [0.05, 0.1) is 11.6 Å². The van der Waals surface area contributed by atoms with E-state index in [0.717, 1.165) is 11.0 Å². The Morgan fingerprint density at radius 1 is 1.36 bits per heavy atom. The summed E-state index contributed by atoms with van der Waals surface area (Å²) in [6, 6.07) is 5.73. The minimum absolute atomic E-state index is 0.248. The number of hydrogen-bond acceptors (Lipinski definition) is 3. The maximum absolute atomic E-state index is 9.27. The van der Waals surface area contributed by atoms with Crippen LogP contribution in [0, 0.1) is 0 Å². The van der Waals surface area contributed by atoms with Gasteiger partial charge in [-0.1, -0.05) is 5.21 Å². The van der Waals surface area contributed by atoms with Gasteiger partial charge in [-0.15, -0.1) is 5.10 Å². The quantitative estimate of drug-likeness (QED) is 0.744. The van der Waals surface area contributed by atoms with E-state index in [0.29, 0.717) is 6.04 Å². The van der Waals surface area contributed by atoms with Gasteiger partial charge in [-0.3, -0.25) is 0 Å². The second kappa shape index (κ2) is 2.70. The van der Waals surface area contributed by atoms with Gasteiger partial charge in [-0.25, -0.2) is 4.68 Å². The van der Waals surface area contributed by atoms with E-state index < -0.39 is 0 Å². The van der Waals surface area contributed by atoms with E-state index in [-0.39, 0.29) is 5.75 Å². The second-order valence-corrected chi connectivity index (χ2v) is 3.79. The Hall–Kier alpha value is -1.58. The summed E-state index contributed by atoms with van der Waals surface area (Å²) in [6.07, 6.45) is 3.67. The fraction of sp³-hybridized carbons (Fsp3) is 0.400. The van der Waals surface area contributed by atoms with Crippen molar-refractivity contribution in [2.75, 3.05) is 0 Å². The zero-order valence-electron chi connectivity index (χ0n) is 7.72. The number of aromatic hydroxyl groups is 1. The molecule has 0 amide bonds. The molecule has 4 heteroatoms. The molecule has 1 heterocycles. The smallest absolute Gasteiger partial charge is 0.117 e. The van der Waals surface area contributed by atoms with Gasteiger partial charge in [0.25, 0.3) is 0 Å². The minimum Gasteiger partial charge on any atom is -0.508 e. The summed E-state index contributed by atoms with van der Waals surface area (Å²) in [5.41, 5.74) is 1.80. The molecule has 0 atom stereocenters. The summed E-state index contributed by atoms with van der Waals surface area (Å²) >= 11 is 0. The van der Waals surface area contributed by atoms with Crippen LogP contribution >= 0.6 is 0 Å². The zero-order valence-corrected chi connectivity index (χ0v) is 7.72. The Labute approximate surface area is 81.2 Å². The van der Waals surface area contributed by atoms with Crippen molar-refractivity contribution in [3.05, 3.63) is 18.2 Å². The highest BCUT2D eigenvalue weighted by molar-refractivity contribution is 5.76. The number of benzene rings is 1. The SMILES string of the molecule is Oc1ccc2c(c1)nnn2C1CCC1. The van der Waals surface area contributed by atoms with Gasteiger partial charge in [-0.2, -0.15) is 0 Å². The third kappa shape index (κ3) is 0.999. The first-order chi connectivity index (χ1) is 6.84. The number of aromatic nitrogens is 3. The molecule has 0 radical (unpaired) electrons. The van der Waals surface area contributed by atoms with Crippen molar-refractivity contribution in [1.82, 2.24) is 15.0 Å². The topological polar surface area (TPSA) is 50.9 Å². The molecule has 1 aliphatic rings. The summed E-state index contributed by atoms with van der Waals surface area (Å²) in [4.78, 5) is 0. The van der Waals surface area contributed by atoms with Gasteiger partial charge >= 0.3 is 0 Å². The normalized spacial score (nSPS) is 17.1. The first-order valence-corrected chi connectivity index (χ1v) is 4.88. The van der Waals surface area contributed by atoms with E-state index in [2.05, 4.69) is 10.3 Å². The summed E-state index contributed by atoms with van der Waals surface area (Å²) in [5.74, 6) is 0.248. The third-order valence-electron chi connectivity index (χ3n) is 2.88. The maximum atomic E-state index is 9.27. The van der Waals surface area contributed by atoms with Crippen molar-refractivity contribution in [1.29, 1.82) is 0 Å². The molecule has 0 spiro atoms. The van der Waals surface area contributed by atoms with Crippen molar-refractivity contribution in [2.45, 2.75) is 25.3 Å². The molecule has 1 N–H and O–H groups in total. The van der Waals surface area contributed by atoms with E-state index in [4.69, 9.17) is 0 Å². The molecular formula is C10H11N3O. The highest BCUT2D eigenvalue weighted by Gasteiger charge is 2.22. The summed E-state index contributed by atoms with van der Waals surface area (Å²) in [6.45, 7) is 0. The van der Waals surface area contributed by atoms with Gasteiger partial charge < -0.3 is 5.11 Å². The van der Waals surface area contributed by atoms with Gasteiger partial charge in [0.15, 0.2) is 0 Å². The van der Waals surface area contributed by atoms with Crippen LogP contribution in [0.15, 0.2) is 18.2 Å². The Morgan fingerprint density at radius 2 is 2.21 bits per heavy atom. The molecule has 0 bridgehead atoms.